The second-order valence-corrected chi connectivity index (χ2v) is 18.6. The summed E-state index contributed by atoms with van der Waals surface area (Å²) < 4.78 is 9.67. The van der Waals surface area contributed by atoms with Crippen molar-refractivity contribution < 1.29 is 0 Å². The van der Waals surface area contributed by atoms with Crippen molar-refractivity contribution in [3.63, 3.8) is 0 Å². The fourth-order valence-electron chi connectivity index (χ4n) is 4.16. The molecule has 0 unspecified atom stereocenters. The molecule has 0 aromatic heterocycles. The predicted octanol–water partition coefficient (Wildman–Crippen LogP) is 1.99. The van der Waals surface area contributed by atoms with Gasteiger partial charge in [-0.15, -0.1) is 0 Å². The van der Waals surface area contributed by atoms with Gasteiger partial charge in [-0.2, -0.15) is 0 Å². The second-order valence-electron chi connectivity index (χ2n) is 7.64. The third kappa shape index (κ3) is 3.03. The van der Waals surface area contributed by atoms with E-state index in [1.54, 1.807) is 0 Å². The summed E-state index contributed by atoms with van der Waals surface area (Å²) in [5.74, 6) is 0. The molecule has 0 saturated carbocycles. The lowest BCUT2D eigenvalue weighted by Gasteiger charge is -2.59. The molecule has 3 nitrogen and oxygen atoms in total. The second kappa shape index (κ2) is 7.22. The third-order valence-corrected chi connectivity index (χ3v) is 20.9. The van der Waals surface area contributed by atoms with E-state index in [0.717, 1.165) is 0 Å². The molecule has 0 amide bonds. The van der Waals surface area contributed by atoms with Gasteiger partial charge >= 0.3 is 0 Å². The number of para-hydroxylation sites is 1. The molecule has 0 aliphatic carbocycles. The Morgan fingerprint density at radius 1 is 0.704 bits per heavy atom. The first-order chi connectivity index (χ1) is 13.1. The number of hydrogen-bond acceptors (Lipinski definition) is 3. The molecule has 138 valence electrons. The molecule has 1 N–H and O–H groups in total. The number of hydrogen-bond donors (Lipinski definition) is 1. The summed E-state index contributed by atoms with van der Waals surface area (Å²) in [6, 6.07) is 33.3. The summed E-state index contributed by atoms with van der Waals surface area (Å²) >= 11 is 0. The monoisotopic (exact) mass is 405 g/mol. The molecule has 0 atom stereocenters. The summed E-state index contributed by atoms with van der Waals surface area (Å²) in [4.78, 5) is 0. The topological polar surface area (TPSA) is 18.5 Å². The van der Waals surface area contributed by atoms with Crippen LogP contribution in [0.2, 0.25) is 13.1 Å². The van der Waals surface area contributed by atoms with E-state index < -0.39 is 26.6 Å². The zero-order valence-corrected chi connectivity index (χ0v) is 19.7. The molecule has 1 heterocycles. The first-order valence-electron chi connectivity index (χ1n) is 9.49. The molecule has 1 aliphatic rings. The molecule has 1 saturated heterocycles. The minimum atomic E-state index is -2.32. The zero-order chi connectivity index (χ0) is 18.9. The van der Waals surface area contributed by atoms with Gasteiger partial charge in [0.1, 0.15) is 0 Å². The van der Waals surface area contributed by atoms with Crippen LogP contribution < -0.4 is 19.3 Å². The van der Waals surface area contributed by atoms with Crippen LogP contribution in [-0.4, -0.2) is 37.9 Å². The Bertz CT molecular complexity index is 849. The van der Waals surface area contributed by atoms with Gasteiger partial charge in [-0.05, 0) is 42.6 Å². The van der Waals surface area contributed by atoms with Crippen molar-refractivity contribution in [3.8, 4) is 0 Å². The lowest BCUT2D eigenvalue weighted by Crippen LogP contribution is -2.91. The van der Waals surface area contributed by atoms with E-state index in [2.05, 4.69) is 124 Å². The van der Waals surface area contributed by atoms with Crippen LogP contribution in [0, 0.1) is 0 Å². The fourth-order valence-corrected chi connectivity index (χ4v) is 20.5. The normalized spacial score (nSPS) is 19.9. The molecule has 3 aromatic rings. The van der Waals surface area contributed by atoms with Crippen LogP contribution in [0.3, 0.4) is 0 Å². The maximum atomic E-state index is 4.18. The Morgan fingerprint density at radius 3 is 1.63 bits per heavy atom. The zero-order valence-electron chi connectivity index (χ0n) is 16.3. The summed E-state index contributed by atoms with van der Waals surface area (Å²) in [7, 11) is -2.37. The van der Waals surface area contributed by atoms with Gasteiger partial charge in [-0.25, -0.2) is 0 Å². The highest BCUT2D eigenvalue weighted by Gasteiger charge is 2.55. The van der Waals surface area contributed by atoms with Crippen LogP contribution in [0.25, 0.3) is 0 Å². The van der Waals surface area contributed by atoms with Gasteiger partial charge in [0.25, 0.3) is 8.40 Å². The van der Waals surface area contributed by atoms with E-state index in [1.165, 1.54) is 16.1 Å². The SMILES string of the molecule is CN1[SiH2]N[Si](c2ccccc2)(c2ccccc2)N(c2ccccc2)[Si]1(C)C. The minimum absolute atomic E-state index is 0.535. The van der Waals surface area contributed by atoms with Crippen molar-refractivity contribution in [1.29, 1.82) is 0 Å². The maximum absolute atomic E-state index is 4.18. The summed E-state index contributed by atoms with van der Waals surface area (Å²) in [5.41, 5.74) is 1.33. The van der Waals surface area contributed by atoms with E-state index in [9.17, 15) is 0 Å². The van der Waals surface area contributed by atoms with Gasteiger partial charge < -0.3 is 13.1 Å². The van der Waals surface area contributed by atoms with E-state index >= 15 is 0 Å². The highest BCUT2D eigenvalue weighted by atomic mass is 28.5. The molecule has 0 bridgehead atoms. The largest absolute Gasteiger partial charge is 0.394 e. The first kappa shape index (κ1) is 18.4. The van der Waals surface area contributed by atoms with Crippen molar-refractivity contribution >= 4 is 42.7 Å². The molecule has 3 aromatic carbocycles. The molecule has 27 heavy (non-hydrogen) atoms. The highest BCUT2D eigenvalue weighted by Crippen LogP contribution is 2.30. The Balaban J connectivity index is 2.03. The summed E-state index contributed by atoms with van der Waals surface area (Å²) in [6.07, 6.45) is 0. The van der Waals surface area contributed by atoms with Crippen LogP contribution in [0.1, 0.15) is 0 Å². The Kier molecular flexibility index (Phi) is 4.92. The van der Waals surface area contributed by atoms with Crippen LogP contribution in [0.15, 0.2) is 91.0 Å². The van der Waals surface area contributed by atoms with Gasteiger partial charge in [-0.3, -0.25) is 0 Å². The van der Waals surface area contributed by atoms with Crippen molar-refractivity contribution in [2.75, 3.05) is 11.3 Å². The first-order valence-corrected chi connectivity index (χ1v) is 15.7. The van der Waals surface area contributed by atoms with Crippen LogP contribution >= 0.6 is 0 Å². The standard InChI is InChI=1S/C21H27N3Si3/c1-23-25-22-27(20-15-9-5-10-16-20,21-17-11-6-12-18-21)24(26(23,2)3)19-13-7-4-8-14-19/h4-18,22H,25H2,1-3H3. The van der Waals surface area contributed by atoms with Gasteiger partial charge in [-0.1, -0.05) is 78.9 Å². The Morgan fingerprint density at radius 2 is 1.15 bits per heavy atom. The minimum Gasteiger partial charge on any atom is -0.394 e. The maximum Gasteiger partial charge on any atom is 0.286 e. The molecule has 1 fully saturated rings. The molecule has 0 spiro atoms. The van der Waals surface area contributed by atoms with Crippen LogP contribution in [-0.2, 0) is 0 Å². The van der Waals surface area contributed by atoms with Gasteiger partial charge in [0.05, 0.1) is 0 Å². The summed E-state index contributed by atoms with van der Waals surface area (Å²) in [6.45, 7) is 5.00. The number of nitrogens with one attached hydrogen (secondary N) is 1. The third-order valence-electron chi connectivity index (χ3n) is 5.79. The smallest absolute Gasteiger partial charge is 0.286 e. The lowest BCUT2D eigenvalue weighted by molar-refractivity contribution is 0.764. The Hall–Kier alpha value is -1.97. The Labute approximate surface area is 167 Å². The molecule has 0 radical (unpaired) electrons. The average Bonchev–Trinajstić information content (AvgIpc) is 2.72. The van der Waals surface area contributed by atoms with E-state index in [-0.39, 0.29) is 0 Å². The van der Waals surface area contributed by atoms with Gasteiger partial charge in [0.2, 0.25) is 8.40 Å². The summed E-state index contributed by atoms with van der Waals surface area (Å²) in [5, 5.41) is 2.89. The van der Waals surface area contributed by atoms with Gasteiger partial charge in [0.15, 0.2) is 9.84 Å². The average molecular weight is 406 g/mol. The van der Waals surface area contributed by atoms with Crippen molar-refractivity contribution in [2.45, 2.75) is 13.1 Å². The number of anilines is 1. The quantitative estimate of drug-likeness (QED) is 0.672. The molecular formula is C21H27N3Si3. The lowest BCUT2D eigenvalue weighted by atomic mass is 10.3. The van der Waals surface area contributed by atoms with Crippen LogP contribution in [0.4, 0.5) is 5.69 Å². The van der Waals surface area contributed by atoms with Gasteiger partial charge in [0, 0.05) is 5.69 Å². The van der Waals surface area contributed by atoms with Crippen molar-refractivity contribution in [2.24, 2.45) is 0 Å². The highest BCUT2D eigenvalue weighted by molar-refractivity contribution is 7.16. The number of benzene rings is 3. The van der Waals surface area contributed by atoms with E-state index in [1.807, 2.05) is 0 Å². The fraction of sp³-hybridized carbons (Fsp3) is 0.143. The number of nitrogens with zero attached hydrogens (tertiary/aromatic N) is 2. The molecular weight excluding hydrogens is 379 g/mol. The molecule has 4 rings (SSSR count). The molecule has 6 heteroatoms. The molecule has 1 aliphatic heterocycles. The van der Waals surface area contributed by atoms with Crippen LogP contribution in [0.5, 0.6) is 0 Å². The van der Waals surface area contributed by atoms with Crippen molar-refractivity contribution in [1.82, 2.24) is 8.88 Å². The number of rotatable bonds is 3. The van der Waals surface area contributed by atoms with E-state index in [4.69, 9.17) is 0 Å². The van der Waals surface area contributed by atoms with E-state index in [0.29, 0.717) is 0 Å². The van der Waals surface area contributed by atoms with Crippen molar-refractivity contribution in [3.05, 3.63) is 91.0 Å². The predicted molar refractivity (Wildman–Crippen MR) is 124 cm³/mol.